The Labute approximate surface area is 281 Å². The lowest BCUT2D eigenvalue weighted by atomic mass is 9.94. The normalized spacial score (nSPS) is 14.3. The van der Waals surface area contributed by atoms with Gasteiger partial charge < -0.3 is 10.2 Å². The number of benzene rings is 4. The van der Waals surface area contributed by atoms with Gasteiger partial charge in [0.2, 0.25) is 11.8 Å². The summed E-state index contributed by atoms with van der Waals surface area (Å²) in [5.74, 6) is -1.47. The number of rotatable bonds is 12. The molecule has 5 rings (SSSR count). The third kappa shape index (κ3) is 8.78. The van der Waals surface area contributed by atoms with Gasteiger partial charge in [0, 0.05) is 24.0 Å². The Morgan fingerprint density at radius 1 is 0.872 bits per heavy atom. The maximum Gasteiger partial charge on any atom is 0.264 e. The van der Waals surface area contributed by atoms with Crippen molar-refractivity contribution in [2.75, 3.05) is 10.8 Å². The molecule has 0 bridgehead atoms. The highest BCUT2D eigenvalue weighted by molar-refractivity contribution is 7.92. The number of carbonyl (C=O) groups is 2. The van der Waals surface area contributed by atoms with E-state index in [4.69, 9.17) is 11.6 Å². The molecule has 1 aliphatic carbocycles. The molecule has 2 amide bonds. The van der Waals surface area contributed by atoms with Crippen LogP contribution in [0.3, 0.4) is 0 Å². The molecule has 0 saturated heterocycles. The van der Waals surface area contributed by atoms with Crippen molar-refractivity contribution in [2.24, 2.45) is 0 Å². The van der Waals surface area contributed by atoms with E-state index < -0.39 is 34.3 Å². The average molecular weight is 676 g/mol. The van der Waals surface area contributed by atoms with Crippen LogP contribution in [-0.2, 0) is 32.6 Å². The molecule has 1 aliphatic rings. The van der Waals surface area contributed by atoms with Crippen LogP contribution in [0.15, 0.2) is 108 Å². The van der Waals surface area contributed by atoms with Crippen molar-refractivity contribution in [3.05, 3.63) is 131 Å². The number of halogens is 2. The van der Waals surface area contributed by atoms with Crippen molar-refractivity contribution in [1.29, 1.82) is 0 Å². The van der Waals surface area contributed by atoms with Crippen molar-refractivity contribution in [3.63, 3.8) is 0 Å². The van der Waals surface area contributed by atoms with Crippen LogP contribution in [0, 0.1) is 12.7 Å². The second-order valence-electron chi connectivity index (χ2n) is 12.0. The van der Waals surface area contributed by atoms with Crippen LogP contribution in [-0.4, -0.2) is 43.8 Å². The second kappa shape index (κ2) is 15.6. The number of amides is 2. The maximum atomic E-state index is 14.6. The quantitative estimate of drug-likeness (QED) is 0.174. The molecular weight excluding hydrogens is 637 g/mol. The number of hydrogen-bond acceptors (Lipinski definition) is 4. The van der Waals surface area contributed by atoms with E-state index in [1.54, 1.807) is 48.5 Å². The summed E-state index contributed by atoms with van der Waals surface area (Å²) in [5.41, 5.74) is 2.64. The molecule has 4 aromatic carbocycles. The predicted molar refractivity (Wildman–Crippen MR) is 183 cm³/mol. The molecule has 47 heavy (non-hydrogen) atoms. The predicted octanol–water partition coefficient (Wildman–Crippen LogP) is 7.07. The summed E-state index contributed by atoms with van der Waals surface area (Å²) in [6.07, 6.45) is 5.09. The number of carbonyl (C=O) groups excluding carboxylic acids is 2. The Bertz CT molecular complexity index is 1760. The molecule has 1 fully saturated rings. The Balaban J connectivity index is 1.56. The summed E-state index contributed by atoms with van der Waals surface area (Å²) >= 11 is 6.58. The highest BCUT2D eigenvalue weighted by atomic mass is 35.5. The molecule has 0 radical (unpaired) electrons. The Morgan fingerprint density at radius 3 is 2.17 bits per heavy atom. The van der Waals surface area contributed by atoms with E-state index >= 15 is 0 Å². The molecule has 10 heteroatoms. The molecule has 0 aliphatic heterocycles. The Kier molecular flexibility index (Phi) is 11.3. The molecule has 0 heterocycles. The second-order valence-corrected chi connectivity index (χ2v) is 14.2. The van der Waals surface area contributed by atoms with Crippen LogP contribution in [0.4, 0.5) is 10.1 Å². The number of anilines is 1. The molecule has 1 atom stereocenters. The van der Waals surface area contributed by atoms with Gasteiger partial charge >= 0.3 is 0 Å². The maximum absolute atomic E-state index is 14.6. The Hall–Kier alpha value is -4.21. The van der Waals surface area contributed by atoms with E-state index in [1.165, 1.54) is 17.0 Å². The number of nitrogens with zero attached hydrogens (tertiary/aromatic N) is 2. The summed E-state index contributed by atoms with van der Waals surface area (Å²) in [5, 5.41) is 3.62. The first kappa shape index (κ1) is 34.1. The highest BCUT2D eigenvalue weighted by Crippen LogP contribution is 2.27. The van der Waals surface area contributed by atoms with E-state index in [-0.39, 0.29) is 35.5 Å². The minimum Gasteiger partial charge on any atom is -0.352 e. The fourth-order valence-corrected chi connectivity index (χ4v) is 7.49. The van der Waals surface area contributed by atoms with Crippen LogP contribution in [0.25, 0.3) is 0 Å². The molecule has 1 N–H and O–H groups in total. The molecule has 4 aromatic rings. The average Bonchev–Trinajstić information content (AvgIpc) is 3.07. The van der Waals surface area contributed by atoms with Crippen LogP contribution in [0.5, 0.6) is 0 Å². The zero-order valence-corrected chi connectivity index (χ0v) is 27.9. The monoisotopic (exact) mass is 675 g/mol. The molecule has 0 aromatic heterocycles. The summed E-state index contributed by atoms with van der Waals surface area (Å²) in [7, 11) is -4.33. The first-order chi connectivity index (χ1) is 22.6. The van der Waals surface area contributed by atoms with Crippen LogP contribution in [0.1, 0.15) is 48.8 Å². The van der Waals surface area contributed by atoms with Gasteiger partial charge in [-0.3, -0.25) is 13.9 Å². The van der Waals surface area contributed by atoms with Crippen molar-refractivity contribution in [3.8, 4) is 0 Å². The molecule has 0 unspecified atom stereocenters. The van der Waals surface area contributed by atoms with E-state index in [9.17, 15) is 22.4 Å². The number of sulfonamides is 1. The topological polar surface area (TPSA) is 86.8 Å². The zero-order chi connectivity index (χ0) is 33.4. The number of aryl methyl sites for hydroxylation is 1. The number of nitrogens with one attached hydrogen (secondary N) is 1. The fraction of sp³-hybridized carbons (Fsp3) is 0.297. The van der Waals surface area contributed by atoms with Gasteiger partial charge in [-0.15, -0.1) is 0 Å². The van der Waals surface area contributed by atoms with E-state index in [0.29, 0.717) is 10.6 Å². The van der Waals surface area contributed by atoms with Crippen LogP contribution >= 0.6 is 11.6 Å². The van der Waals surface area contributed by atoms with Gasteiger partial charge in [-0.05, 0) is 73.4 Å². The van der Waals surface area contributed by atoms with Crippen LogP contribution in [0.2, 0.25) is 5.02 Å². The van der Waals surface area contributed by atoms with Gasteiger partial charge in [-0.25, -0.2) is 12.8 Å². The zero-order valence-electron chi connectivity index (χ0n) is 26.3. The van der Waals surface area contributed by atoms with Gasteiger partial charge in [0.25, 0.3) is 10.0 Å². The van der Waals surface area contributed by atoms with Crippen LogP contribution < -0.4 is 9.62 Å². The summed E-state index contributed by atoms with van der Waals surface area (Å²) < 4.78 is 43.0. The highest BCUT2D eigenvalue weighted by Gasteiger charge is 2.35. The van der Waals surface area contributed by atoms with E-state index in [2.05, 4.69) is 5.32 Å². The lowest BCUT2D eigenvalue weighted by Crippen LogP contribution is -2.55. The molecule has 1 saturated carbocycles. The lowest BCUT2D eigenvalue weighted by molar-refractivity contribution is -0.140. The number of hydrogen-bond donors (Lipinski definition) is 1. The Morgan fingerprint density at radius 2 is 1.51 bits per heavy atom. The van der Waals surface area contributed by atoms with Crippen molar-refractivity contribution < 1.29 is 22.4 Å². The largest absolute Gasteiger partial charge is 0.352 e. The van der Waals surface area contributed by atoms with Gasteiger partial charge in [-0.1, -0.05) is 97.1 Å². The summed E-state index contributed by atoms with van der Waals surface area (Å²) in [4.78, 5) is 30.1. The third-order valence-electron chi connectivity index (χ3n) is 8.52. The minimum absolute atomic E-state index is 0.00491. The standard InChI is InChI=1S/C37H39ClFN3O4S/c1-27-16-20-32(21-17-27)42(47(45,46)33-22-18-30(39)19-23-33)26-36(43)41(25-29-12-8-9-15-34(29)38)35(24-28-10-4-2-5-11-28)37(44)40-31-13-6-3-7-14-31/h2,4-5,8-12,15-23,31,35H,3,6-7,13-14,24-26H2,1H3,(H,40,44)/t35-/m0/s1. The lowest BCUT2D eigenvalue weighted by Gasteiger charge is -2.35. The van der Waals surface area contributed by atoms with Gasteiger partial charge in [0.1, 0.15) is 18.4 Å². The van der Waals surface area contributed by atoms with Gasteiger partial charge in [0.15, 0.2) is 0 Å². The van der Waals surface area contributed by atoms with E-state index in [1.807, 2.05) is 37.3 Å². The molecular formula is C37H39ClFN3O4S. The van der Waals surface area contributed by atoms with E-state index in [0.717, 1.165) is 59.7 Å². The summed E-state index contributed by atoms with van der Waals surface area (Å²) in [6.45, 7) is 1.25. The van der Waals surface area contributed by atoms with Gasteiger partial charge in [-0.2, -0.15) is 0 Å². The van der Waals surface area contributed by atoms with Crippen molar-refractivity contribution >= 4 is 39.1 Å². The smallest absolute Gasteiger partial charge is 0.264 e. The minimum atomic E-state index is -4.33. The summed E-state index contributed by atoms with van der Waals surface area (Å²) in [6, 6.07) is 26.8. The van der Waals surface area contributed by atoms with Crippen molar-refractivity contribution in [1.82, 2.24) is 10.2 Å². The first-order valence-electron chi connectivity index (χ1n) is 15.8. The molecule has 0 spiro atoms. The van der Waals surface area contributed by atoms with Gasteiger partial charge in [0.05, 0.1) is 10.6 Å². The first-order valence-corrected chi connectivity index (χ1v) is 17.7. The third-order valence-corrected chi connectivity index (χ3v) is 10.7. The SMILES string of the molecule is Cc1ccc(N(CC(=O)N(Cc2ccccc2Cl)[C@@H](Cc2ccccc2)C(=O)NC2CCCCC2)S(=O)(=O)c2ccc(F)cc2)cc1. The molecule has 7 nitrogen and oxygen atoms in total. The molecule has 246 valence electrons. The fourth-order valence-electron chi connectivity index (χ4n) is 5.88. The van der Waals surface area contributed by atoms with Crippen molar-refractivity contribution in [2.45, 2.75) is 69.0 Å².